The van der Waals surface area contributed by atoms with Crippen molar-refractivity contribution in [3.05, 3.63) is 48.4 Å². The highest BCUT2D eigenvalue weighted by atomic mass is 16.5. The summed E-state index contributed by atoms with van der Waals surface area (Å²) in [6, 6.07) is 11.4. The maximum Gasteiger partial charge on any atom is 0.124 e. The minimum absolute atomic E-state index is 0.445. The lowest BCUT2D eigenvalue weighted by molar-refractivity contribution is 0.0288. The van der Waals surface area contributed by atoms with Gasteiger partial charge in [-0.05, 0) is 12.1 Å². The van der Waals surface area contributed by atoms with Crippen molar-refractivity contribution in [2.24, 2.45) is 0 Å². The Hall–Kier alpha value is -1.85. The standard InChI is InChI=1S/C14H17NO4.2C2H6/c1-2-4-14(5-3-1)18-11-10-16-8-9-17-12-13-6-7-19-15-13;2*1-2/h1-7H,8-12H2;2*1-2H3. The molecular formula is C18H29NO4. The minimum Gasteiger partial charge on any atom is -0.491 e. The average molecular weight is 323 g/mol. The van der Waals surface area contributed by atoms with E-state index in [4.69, 9.17) is 14.2 Å². The Morgan fingerprint density at radius 2 is 1.48 bits per heavy atom. The average Bonchev–Trinajstić information content (AvgIpc) is 3.15. The van der Waals surface area contributed by atoms with Gasteiger partial charge in [0.1, 0.15) is 24.3 Å². The summed E-state index contributed by atoms with van der Waals surface area (Å²) in [5, 5.41) is 3.74. The van der Waals surface area contributed by atoms with Crippen molar-refractivity contribution in [2.75, 3.05) is 26.4 Å². The van der Waals surface area contributed by atoms with E-state index in [1.54, 1.807) is 6.07 Å². The van der Waals surface area contributed by atoms with Gasteiger partial charge in [0.25, 0.3) is 0 Å². The number of benzene rings is 1. The molecule has 0 fully saturated rings. The van der Waals surface area contributed by atoms with Gasteiger partial charge in [-0.15, -0.1) is 0 Å². The zero-order chi connectivity index (χ0) is 17.2. The molecule has 0 saturated carbocycles. The van der Waals surface area contributed by atoms with Gasteiger partial charge in [0.15, 0.2) is 0 Å². The lowest BCUT2D eigenvalue weighted by Crippen LogP contribution is -2.10. The summed E-state index contributed by atoms with van der Waals surface area (Å²) < 4.78 is 20.9. The van der Waals surface area contributed by atoms with Crippen LogP contribution in [0.5, 0.6) is 5.75 Å². The molecule has 1 heterocycles. The van der Waals surface area contributed by atoms with Crippen LogP contribution >= 0.6 is 0 Å². The SMILES string of the molecule is CC.CC.c1ccc(OCCOCCOCc2ccon2)cc1. The molecule has 0 spiro atoms. The quantitative estimate of drug-likeness (QED) is 0.643. The monoisotopic (exact) mass is 323 g/mol. The fourth-order valence-corrected chi connectivity index (χ4v) is 1.44. The van der Waals surface area contributed by atoms with E-state index in [9.17, 15) is 0 Å². The van der Waals surface area contributed by atoms with Crippen molar-refractivity contribution in [2.45, 2.75) is 34.3 Å². The third-order valence-corrected chi connectivity index (χ3v) is 2.35. The molecular weight excluding hydrogens is 294 g/mol. The van der Waals surface area contributed by atoms with E-state index in [2.05, 4.69) is 9.68 Å². The van der Waals surface area contributed by atoms with E-state index in [1.165, 1.54) is 6.26 Å². The molecule has 1 aromatic carbocycles. The van der Waals surface area contributed by atoms with Crippen molar-refractivity contribution < 1.29 is 18.7 Å². The van der Waals surface area contributed by atoms with Gasteiger partial charge in [0, 0.05) is 6.07 Å². The summed E-state index contributed by atoms with van der Waals surface area (Å²) in [5.41, 5.74) is 0.785. The number of hydrogen-bond donors (Lipinski definition) is 0. The molecule has 0 saturated heterocycles. The first kappa shape index (κ1) is 21.1. The second kappa shape index (κ2) is 16.5. The molecule has 5 heteroatoms. The van der Waals surface area contributed by atoms with Gasteiger partial charge in [-0.1, -0.05) is 51.1 Å². The highest BCUT2D eigenvalue weighted by Gasteiger charge is 1.96. The Labute approximate surface area is 139 Å². The van der Waals surface area contributed by atoms with Crippen LogP contribution in [0.1, 0.15) is 33.4 Å². The Bertz CT molecular complexity index is 432. The van der Waals surface area contributed by atoms with Gasteiger partial charge < -0.3 is 18.7 Å². The largest absolute Gasteiger partial charge is 0.491 e. The van der Waals surface area contributed by atoms with Crippen molar-refractivity contribution in [3.63, 3.8) is 0 Å². The van der Waals surface area contributed by atoms with E-state index in [1.807, 2.05) is 58.0 Å². The third kappa shape index (κ3) is 11.4. The van der Waals surface area contributed by atoms with E-state index in [0.717, 1.165) is 11.4 Å². The summed E-state index contributed by atoms with van der Waals surface area (Å²) in [5.74, 6) is 0.855. The van der Waals surface area contributed by atoms with Gasteiger partial charge in [0.2, 0.25) is 0 Å². The Morgan fingerprint density at radius 3 is 2.13 bits per heavy atom. The molecule has 0 bridgehead atoms. The van der Waals surface area contributed by atoms with Crippen molar-refractivity contribution in [3.8, 4) is 5.75 Å². The van der Waals surface area contributed by atoms with Crippen LogP contribution in [0.4, 0.5) is 0 Å². The topological polar surface area (TPSA) is 53.7 Å². The Kier molecular flexibility index (Phi) is 15.2. The third-order valence-electron chi connectivity index (χ3n) is 2.35. The summed E-state index contributed by atoms with van der Waals surface area (Å²) >= 11 is 0. The van der Waals surface area contributed by atoms with Gasteiger partial charge in [-0.3, -0.25) is 0 Å². The molecule has 0 aliphatic rings. The van der Waals surface area contributed by atoms with Crippen LogP contribution in [0.15, 0.2) is 47.2 Å². The van der Waals surface area contributed by atoms with Crippen LogP contribution in [0.25, 0.3) is 0 Å². The summed E-state index contributed by atoms with van der Waals surface area (Å²) in [6.07, 6.45) is 1.52. The lowest BCUT2D eigenvalue weighted by Gasteiger charge is -2.07. The van der Waals surface area contributed by atoms with Crippen molar-refractivity contribution in [1.82, 2.24) is 5.16 Å². The minimum atomic E-state index is 0.445. The van der Waals surface area contributed by atoms with Crippen LogP contribution in [0.3, 0.4) is 0 Å². The molecule has 0 unspecified atom stereocenters. The first-order valence-electron chi connectivity index (χ1n) is 8.18. The molecule has 130 valence electrons. The number of para-hydroxylation sites is 1. The van der Waals surface area contributed by atoms with Gasteiger partial charge in [-0.2, -0.15) is 0 Å². The lowest BCUT2D eigenvalue weighted by atomic mass is 10.3. The summed E-state index contributed by atoms with van der Waals surface area (Å²) in [6.45, 7) is 10.6. The number of aromatic nitrogens is 1. The van der Waals surface area contributed by atoms with E-state index < -0.39 is 0 Å². The maximum absolute atomic E-state index is 5.48. The number of rotatable bonds is 9. The zero-order valence-electron chi connectivity index (χ0n) is 14.7. The van der Waals surface area contributed by atoms with Crippen LogP contribution in [0.2, 0.25) is 0 Å². The summed E-state index contributed by atoms with van der Waals surface area (Å²) in [4.78, 5) is 0. The molecule has 2 rings (SSSR count). The Balaban J connectivity index is 0.00000112. The zero-order valence-corrected chi connectivity index (χ0v) is 14.7. The molecule has 5 nitrogen and oxygen atoms in total. The first-order chi connectivity index (χ1) is 11.4. The predicted molar refractivity (Wildman–Crippen MR) is 91.6 cm³/mol. The second-order valence-corrected chi connectivity index (χ2v) is 3.82. The van der Waals surface area contributed by atoms with Gasteiger partial charge >= 0.3 is 0 Å². The fourth-order valence-electron chi connectivity index (χ4n) is 1.44. The van der Waals surface area contributed by atoms with E-state index >= 15 is 0 Å². The van der Waals surface area contributed by atoms with Crippen LogP contribution in [0, 0.1) is 0 Å². The van der Waals surface area contributed by atoms with E-state index in [0.29, 0.717) is 33.0 Å². The molecule has 0 radical (unpaired) electrons. The molecule has 23 heavy (non-hydrogen) atoms. The number of ether oxygens (including phenoxy) is 3. The smallest absolute Gasteiger partial charge is 0.124 e. The molecule has 0 N–H and O–H groups in total. The highest BCUT2D eigenvalue weighted by molar-refractivity contribution is 5.20. The second-order valence-electron chi connectivity index (χ2n) is 3.82. The van der Waals surface area contributed by atoms with Crippen molar-refractivity contribution in [1.29, 1.82) is 0 Å². The molecule has 2 aromatic rings. The van der Waals surface area contributed by atoms with Gasteiger partial charge in [-0.25, -0.2) is 0 Å². The maximum atomic E-state index is 5.48. The Morgan fingerprint density at radius 1 is 0.826 bits per heavy atom. The van der Waals surface area contributed by atoms with Gasteiger partial charge in [0.05, 0.1) is 26.4 Å². The number of hydrogen-bond acceptors (Lipinski definition) is 5. The normalized spacial score (nSPS) is 9.22. The predicted octanol–water partition coefficient (Wildman–Crippen LogP) is 4.34. The number of nitrogens with zero attached hydrogens (tertiary/aromatic N) is 1. The van der Waals surface area contributed by atoms with Crippen LogP contribution in [-0.2, 0) is 16.1 Å². The van der Waals surface area contributed by atoms with E-state index in [-0.39, 0.29) is 0 Å². The molecule has 0 aliphatic carbocycles. The highest BCUT2D eigenvalue weighted by Crippen LogP contribution is 2.07. The summed E-state index contributed by atoms with van der Waals surface area (Å²) in [7, 11) is 0. The molecule has 1 aromatic heterocycles. The first-order valence-corrected chi connectivity index (χ1v) is 8.18. The van der Waals surface area contributed by atoms with Crippen LogP contribution in [-0.4, -0.2) is 31.6 Å². The molecule has 0 amide bonds. The van der Waals surface area contributed by atoms with Crippen LogP contribution < -0.4 is 4.74 Å². The van der Waals surface area contributed by atoms with Crippen molar-refractivity contribution >= 4 is 0 Å². The fraction of sp³-hybridized carbons (Fsp3) is 0.500. The molecule has 0 atom stereocenters. The molecule has 0 aliphatic heterocycles.